The van der Waals surface area contributed by atoms with Crippen molar-refractivity contribution in [2.45, 2.75) is 123 Å². The zero-order chi connectivity index (χ0) is 21.9. The molecule has 0 aliphatic rings. The van der Waals surface area contributed by atoms with Crippen LogP contribution in [0.5, 0.6) is 0 Å². The van der Waals surface area contributed by atoms with Crippen LogP contribution >= 0.6 is 0 Å². The van der Waals surface area contributed by atoms with Crippen molar-refractivity contribution in [2.24, 2.45) is 0 Å². The van der Waals surface area contributed by atoms with Crippen LogP contribution in [0.2, 0.25) is 54.4 Å². The van der Waals surface area contributed by atoms with E-state index in [0.29, 0.717) is 17.1 Å². The van der Waals surface area contributed by atoms with Gasteiger partial charge in [0.15, 0.2) is 35.4 Å². The average Bonchev–Trinajstić information content (AvgIpc) is 2.77. The maximum absolute atomic E-state index is 6.97. The molecule has 0 aliphatic carbocycles. The van der Waals surface area contributed by atoms with E-state index >= 15 is 0 Å². The van der Waals surface area contributed by atoms with Gasteiger partial charge in [-0.1, -0.05) is 62.3 Å². The monoisotopic (exact) mass is 466 g/mol. The lowest BCUT2D eigenvalue weighted by molar-refractivity contribution is -0.280. The minimum atomic E-state index is -1.91. The molecule has 0 aromatic carbocycles. The smallest absolute Gasteiger partial charge is 0.277 e. The molecule has 0 aliphatic heterocycles. The van der Waals surface area contributed by atoms with Crippen LogP contribution in [0.4, 0.5) is 0 Å². The predicted octanol–water partition coefficient (Wildman–Crippen LogP) is 6.00. The molecule has 8 heteroatoms. The van der Waals surface area contributed by atoms with Gasteiger partial charge < -0.3 is 17.7 Å². The zero-order valence-electron chi connectivity index (χ0n) is 20.7. The molecule has 0 atom stereocenters. The number of rotatable bonds is 17. The largest absolute Gasteiger partial charge is 0.409 e. The van der Waals surface area contributed by atoms with Gasteiger partial charge in [0.1, 0.15) is 6.61 Å². The van der Waals surface area contributed by atoms with Gasteiger partial charge in [0, 0.05) is 0 Å². The summed E-state index contributed by atoms with van der Waals surface area (Å²) in [4.78, 5) is 0. The van der Waals surface area contributed by atoms with Gasteiger partial charge in [0.25, 0.3) is 5.97 Å². The molecular weight excluding hydrogens is 417 g/mol. The SMILES string of the molecule is CC[Si](CC)(CC)OCC(O[SiH3])(O[Si](CC)(CC)CC)O[Si](CC)(CC)CC. The normalized spacial score (nSPS) is 14.0. The molecule has 0 spiro atoms. The molecule has 0 radical (unpaired) electrons. The molecule has 0 N–H and O–H groups in total. The summed E-state index contributed by atoms with van der Waals surface area (Å²) < 4.78 is 26.9. The first-order chi connectivity index (χ1) is 13.2. The molecule has 0 bridgehead atoms. The Hall–Kier alpha value is 0.708. The quantitative estimate of drug-likeness (QED) is 0.194. The maximum atomic E-state index is 6.97. The standard InChI is InChI=1S/C20H50O4Si4/c1-10-26(11-2,12-3)21-19-20(22-25,23-27(13-4,14-5)15-6)24-28(16-7,17-8)18-9/h10-19H2,1-9,25H3. The molecule has 28 heavy (non-hydrogen) atoms. The molecule has 0 saturated carbocycles. The Kier molecular flexibility index (Phi) is 13.5. The summed E-state index contributed by atoms with van der Waals surface area (Å²) in [5.41, 5.74) is 0. The van der Waals surface area contributed by atoms with Crippen molar-refractivity contribution in [3.8, 4) is 0 Å². The number of hydrogen-bond donors (Lipinski definition) is 0. The van der Waals surface area contributed by atoms with Crippen molar-refractivity contribution < 1.29 is 17.7 Å². The highest BCUT2D eigenvalue weighted by atomic mass is 28.4. The van der Waals surface area contributed by atoms with Crippen molar-refractivity contribution >= 4 is 35.4 Å². The van der Waals surface area contributed by atoms with Crippen LogP contribution in [0.3, 0.4) is 0 Å². The Morgan fingerprint density at radius 1 is 0.536 bits per heavy atom. The van der Waals surface area contributed by atoms with Crippen LogP contribution in [0, 0.1) is 0 Å². The van der Waals surface area contributed by atoms with Crippen LogP contribution in [0.1, 0.15) is 62.3 Å². The van der Waals surface area contributed by atoms with E-state index in [1.807, 2.05) is 0 Å². The van der Waals surface area contributed by atoms with Crippen LogP contribution in [-0.4, -0.2) is 48.0 Å². The summed E-state index contributed by atoms with van der Waals surface area (Å²) in [6, 6.07) is 9.94. The molecule has 170 valence electrons. The minimum absolute atomic E-state index is 0.446. The summed E-state index contributed by atoms with van der Waals surface area (Å²) in [5, 5.41) is 0. The lowest BCUT2D eigenvalue weighted by atomic mass is 10.6. The van der Waals surface area contributed by atoms with Crippen molar-refractivity contribution in [3.05, 3.63) is 0 Å². The first kappa shape index (κ1) is 28.7. The van der Waals surface area contributed by atoms with Gasteiger partial charge in [-0.15, -0.1) is 0 Å². The summed E-state index contributed by atoms with van der Waals surface area (Å²) in [7, 11) is -4.98. The van der Waals surface area contributed by atoms with E-state index in [-0.39, 0.29) is 0 Å². The third-order valence-corrected chi connectivity index (χ3v) is 21.9. The summed E-state index contributed by atoms with van der Waals surface area (Å²) in [6.07, 6.45) is 0. The van der Waals surface area contributed by atoms with Crippen LogP contribution in [-0.2, 0) is 17.7 Å². The molecule has 0 saturated heterocycles. The fourth-order valence-electron chi connectivity index (χ4n) is 4.11. The average molecular weight is 467 g/mol. The lowest BCUT2D eigenvalue weighted by Crippen LogP contribution is -2.59. The highest BCUT2D eigenvalue weighted by Crippen LogP contribution is 2.36. The van der Waals surface area contributed by atoms with E-state index < -0.39 is 30.9 Å². The van der Waals surface area contributed by atoms with Gasteiger partial charge in [0.05, 0.1) is 0 Å². The second-order valence-corrected chi connectivity index (χ2v) is 22.7. The molecule has 0 heterocycles. The van der Waals surface area contributed by atoms with Crippen molar-refractivity contribution in [1.82, 2.24) is 0 Å². The van der Waals surface area contributed by atoms with E-state index in [1.54, 1.807) is 0 Å². The topological polar surface area (TPSA) is 36.9 Å². The minimum Gasteiger partial charge on any atom is -0.409 e. The Bertz CT molecular complexity index is 364. The first-order valence-corrected chi connectivity index (χ1v) is 20.2. The molecular formula is C20H50O4Si4. The van der Waals surface area contributed by atoms with E-state index in [1.165, 1.54) is 0 Å². The predicted molar refractivity (Wildman–Crippen MR) is 133 cm³/mol. The third-order valence-electron chi connectivity index (χ3n) is 7.41. The third kappa shape index (κ3) is 7.14. The molecule has 0 aromatic heterocycles. The zero-order valence-corrected chi connectivity index (χ0v) is 25.7. The second-order valence-electron chi connectivity index (χ2n) is 8.11. The van der Waals surface area contributed by atoms with Crippen LogP contribution < -0.4 is 0 Å². The molecule has 0 amide bonds. The fraction of sp³-hybridized carbons (Fsp3) is 1.00. The van der Waals surface area contributed by atoms with Crippen LogP contribution in [0.15, 0.2) is 0 Å². The van der Waals surface area contributed by atoms with E-state index in [4.69, 9.17) is 17.7 Å². The van der Waals surface area contributed by atoms with Gasteiger partial charge in [-0.05, 0) is 54.4 Å². The van der Waals surface area contributed by atoms with E-state index in [0.717, 1.165) is 54.4 Å². The Morgan fingerprint density at radius 2 is 0.821 bits per heavy atom. The first-order valence-electron chi connectivity index (χ1n) is 11.8. The molecule has 4 nitrogen and oxygen atoms in total. The summed E-state index contributed by atoms with van der Waals surface area (Å²) >= 11 is 0. The van der Waals surface area contributed by atoms with Gasteiger partial charge in [0.2, 0.25) is 0 Å². The molecule has 0 rings (SSSR count). The van der Waals surface area contributed by atoms with Crippen molar-refractivity contribution in [3.63, 3.8) is 0 Å². The Labute approximate surface area is 182 Å². The van der Waals surface area contributed by atoms with Gasteiger partial charge in [-0.3, -0.25) is 0 Å². The van der Waals surface area contributed by atoms with Gasteiger partial charge in [-0.25, -0.2) is 0 Å². The van der Waals surface area contributed by atoms with Gasteiger partial charge >= 0.3 is 0 Å². The molecule has 0 unspecified atom stereocenters. The second kappa shape index (κ2) is 13.2. The van der Waals surface area contributed by atoms with E-state index in [2.05, 4.69) is 62.3 Å². The summed E-state index contributed by atoms with van der Waals surface area (Å²) in [6.45, 7) is 20.9. The van der Waals surface area contributed by atoms with Gasteiger partial charge in [-0.2, -0.15) is 0 Å². The highest BCUT2D eigenvalue weighted by Gasteiger charge is 2.48. The fourth-order valence-corrected chi connectivity index (χ4v) is 13.0. The Balaban J connectivity index is 6.02. The van der Waals surface area contributed by atoms with Crippen molar-refractivity contribution in [1.29, 1.82) is 0 Å². The summed E-state index contributed by atoms with van der Waals surface area (Å²) in [5.74, 6) is -0.980. The molecule has 0 fully saturated rings. The van der Waals surface area contributed by atoms with E-state index in [9.17, 15) is 0 Å². The molecule has 0 aromatic rings. The highest BCUT2D eigenvalue weighted by molar-refractivity contribution is 6.75. The van der Waals surface area contributed by atoms with Crippen LogP contribution in [0.25, 0.3) is 0 Å². The van der Waals surface area contributed by atoms with Crippen molar-refractivity contribution in [2.75, 3.05) is 6.61 Å². The maximum Gasteiger partial charge on any atom is 0.277 e. The Morgan fingerprint density at radius 3 is 1.04 bits per heavy atom. The lowest BCUT2D eigenvalue weighted by Gasteiger charge is -2.47. The number of hydrogen-bond acceptors (Lipinski definition) is 4.